The molecule has 4 heterocycles. The van der Waals surface area contributed by atoms with Gasteiger partial charge in [-0.3, -0.25) is 24.2 Å². The molecule has 1 aliphatic heterocycles. The number of fused-ring (bicyclic) bond motifs is 4. The van der Waals surface area contributed by atoms with Gasteiger partial charge in [0.25, 0.3) is 17.7 Å². The Morgan fingerprint density at radius 1 is 0.872 bits per heavy atom. The van der Waals surface area contributed by atoms with E-state index in [1.54, 1.807) is 40.2 Å². The first kappa shape index (κ1) is 33.9. The lowest BCUT2D eigenvalue weighted by molar-refractivity contribution is -0.122. The van der Waals surface area contributed by atoms with Crippen molar-refractivity contribution in [1.29, 1.82) is 0 Å². The average molecular weight is 674 g/mol. The molecule has 4 amide bonds. The molecular weight excluding hydrogens is 635 g/mol. The maximum absolute atomic E-state index is 13.5. The van der Waals surface area contributed by atoms with E-state index in [2.05, 4.69) is 44.7 Å². The largest absolute Gasteiger partial charge is 0.351 e. The second-order valence-electron chi connectivity index (χ2n) is 11.8. The van der Waals surface area contributed by atoms with Gasteiger partial charge in [0, 0.05) is 54.8 Å². The minimum atomic E-state index is -0.491. The molecule has 2 atom stereocenters. The summed E-state index contributed by atoms with van der Waals surface area (Å²) in [4.78, 5) is 68.1. The number of hydrogen-bond donors (Lipinski definition) is 3. The van der Waals surface area contributed by atoms with Crippen LogP contribution in [0.4, 0.5) is 0 Å². The van der Waals surface area contributed by atoms with E-state index in [9.17, 15) is 19.2 Å². The van der Waals surface area contributed by atoms with Crippen LogP contribution in [-0.4, -0.2) is 63.1 Å². The van der Waals surface area contributed by atoms with E-state index >= 15 is 0 Å². The number of pyridine rings is 1. The van der Waals surface area contributed by atoms with Crippen molar-refractivity contribution in [2.45, 2.75) is 58.0 Å². The van der Waals surface area contributed by atoms with Gasteiger partial charge >= 0.3 is 0 Å². The standard InChI is InChI=1S/C34H39N7O4S2/c1-22(2)18-25-32-40-28(21-47-32)31(44)38-26(19-23-8-4-3-5-9-23)33-39-27(20-46-33)30(43)36-13-7-17-41(16-6-10-29(42)37-25)34(45)24-11-14-35-15-12-24/h3-5,8-9,11-12,14-15,20-22,25-26H,6-7,10,13,16-19H2,1-2H3,(H,36,43)(H,37,42)(H,38,44)/t25-,26-/m0/s1. The minimum absolute atomic E-state index is 0.145. The Kier molecular flexibility index (Phi) is 11.8. The van der Waals surface area contributed by atoms with Crippen LogP contribution < -0.4 is 16.0 Å². The Hall–Kier alpha value is -4.49. The highest BCUT2D eigenvalue weighted by atomic mass is 32.1. The molecule has 0 aliphatic carbocycles. The zero-order valence-electron chi connectivity index (χ0n) is 26.5. The summed E-state index contributed by atoms with van der Waals surface area (Å²) < 4.78 is 0. The summed E-state index contributed by atoms with van der Waals surface area (Å²) in [6.45, 7) is 5.25. The third kappa shape index (κ3) is 9.52. The number of amides is 4. The monoisotopic (exact) mass is 673 g/mol. The van der Waals surface area contributed by atoms with Gasteiger partial charge in [0.15, 0.2) is 0 Å². The van der Waals surface area contributed by atoms with Crippen LogP contribution >= 0.6 is 22.7 Å². The number of nitrogens with one attached hydrogen (secondary N) is 3. The molecule has 1 aliphatic rings. The van der Waals surface area contributed by atoms with Gasteiger partial charge in [-0.15, -0.1) is 22.7 Å². The first-order valence-corrected chi connectivity index (χ1v) is 17.5. The molecule has 3 aromatic heterocycles. The van der Waals surface area contributed by atoms with E-state index in [0.717, 1.165) is 5.56 Å². The van der Waals surface area contributed by atoms with Crippen LogP contribution in [-0.2, 0) is 11.2 Å². The van der Waals surface area contributed by atoms with Crippen LogP contribution in [0.2, 0.25) is 0 Å². The molecule has 0 saturated carbocycles. The highest BCUT2D eigenvalue weighted by molar-refractivity contribution is 7.10. The molecule has 13 heteroatoms. The normalized spacial score (nSPS) is 18.5. The Morgan fingerprint density at radius 3 is 2.23 bits per heavy atom. The van der Waals surface area contributed by atoms with E-state index in [1.807, 2.05) is 30.3 Å². The number of hydrogen-bond acceptors (Lipinski definition) is 9. The molecule has 0 fully saturated rings. The predicted molar refractivity (Wildman–Crippen MR) is 181 cm³/mol. The molecule has 4 bridgehead atoms. The van der Waals surface area contributed by atoms with Crippen molar-refractivity contribution in [3.63, 3.8) is 0 Å². The van der Waals surface area contributed by atoms with Crippen molar-refractivity contribution in [2.24, 2.45) is 5.92 Å². The topological polar surface area (TPSA) is 146 Å². The Bertz CT molecular complexity index is 1660. The van der Waals surface area contributed by atoms with Crippen molar-refractivity contribution in [3.05, 3.63) is 98.1 Å². The Morgan fingerprint density at radius 2 is 1.53 bits per heavy atom. The maximum Gasteiger partial charge on any atom is 0.271 e. The summed E-state index contributed by atoms with van der Waals surface area (Å²) in [5.41, 5.74) is 2.05. The molecule has 0 saturated heterocycles. The van der Waals surface area contributed by atoms with Crippen molar-refractivity contribution < 1.29 is 19.2 Å². The van der Waals surface area contributed by atoms with Crippen molar-refractivity contribution in [2.75, 3.05) is 19.6 Å². The van der Waals surface area contributed by atoms with Crippen molar-refractivity contribution in [1.82, 2.24) is 35.8 Å². The molecule has 3 N–H and O–H groups in total. The number of carbonyl (C=O) groups is 4. The number of benzene rings is 1. The minimum Gasteiger partial charge on any atom is -0.351 e. The third-order valence-corrected chi connectivity index (χ3v) is 9.59. The SMILES string of the molecule is CC(C)C[C@@H]1NC(=O)CCCN(C(=O)c2ccncc2)CCCNC(=O)c2csc(n2)[C@H](Cc2ccccc2)NC(=O)c2csc1n2. The lowest BCUT2D eigenvalue weighted by atomic mass is 10.0. The van der Waals surface area contributed by atoms with E-state index < -0.39 is 6.04 Å². The molecule has 0 unspecified atom stereocenters. The molecule has 11 nitrogen and oxygen atoms in total. The third-order valence-electron chi connectivity index (χ3n) is 7.67. The number of carbonyl (C=O) groups excluding carboxylic acids is 4. The van der Waals surface area contributed by atoms with Gasteiger partial charge in [0.05, 0.1) is 12.1 Å². The average Bonchev–Trinajstić information content (AvgIpc) is 3.77. The van der Waals surface area contributed by atoms with Crippen LogP contribution in [0.15, 0.2) is 65.6 Å². The van der Waals surface area contributed by atoms with Crippen LogP contribution in [0, 0.1) is 5.92 Å². The smallest absolute Gasteiger partial charge is 0.271 e. The summed E-state index contributed by atoms with van der Waals surface area (Å²) in [5.74, 6) is -0.707. The highest BCUT2D eigenvalue weighted by Crippen LogP contribution is 2.27. The van der Waals surface area contributed by atoms with Crippen molar-refractivity contribution >= 4 is 46.3 Å². The van der Waals surface area contributed by atoms with E-state index in [-0.39, 0.29) is 53.4 Å². The number of rotatable bonds is 5. The van der Waals surface area contributed by atoms with Gasteiger partial charge in [-0.25, -0.2) is 9.97 Å². The van der Waals surface area contributed by atoms with Crippen LogP contribution in [0.1, 0.15) is 98.5 Å². The maximum atomic E-state index is 13.5. The second-order valence-corrected chi connectivity index (χ2v) is 13.6. The molecule has 4 aromatic rings. The summed E-state index contributed by atoms with van der Waals surface area (Å²) in [6, 6.07) is 12.3. The Labute approximate surface area is 282 Å². The quantitative estimate of drug-likeness (QED) is 0.271. The molecule has 1 aromatic carbocycles. The van der Waals surface area contributed by atoms with Gasteiger partial charge in [-0.05, 0) is 49.3 Å². The first-order valence-electron chi connectivity index (χ1n) is 15.8. The second kappa shape index (κ2) is 16.4. The lowest BCUT2D eigenvalue weighted by Crippen LogP contribution is -2.36. The number of aromatic nitrogens is 3. The molecular formula is C34H39N7O4S2. The number of nitrogens with zero attached hydrogens (tertiary/aromatic N) is 4. The van der Waals surface area contributed by atoms with Crippen LogP contribution in [0.25, 0.3) is 0 Å². The molecule has 246 valence electrons. The van der Waals surface area contributed by atoms with Gasteiger partial charge in [0.2, 0.25) is 5.91 Å². The van der Waals surface area contributed by atoms with Crippen LogP contribution in [0.5, 0.6) is 0 Å². The molecule has 47 heavy (non-hydrogen) atoms. The zero-order chi connectivity index (χ0) is 33.2. The molecule has 5 rings (SSSR count). The number of thiazole rings is 2. The van der Waals surface area contributed by atoms with Crippen molar-refractivity contribution in [3.8, 4) is 0 Å². The van der Waals surface area contributed by atoms with Gasteiger partial charge in [-0.2, -0.15) is 0 Å². The predicted octanol–water partition coefficient (Wildman–Crippen LogP) is 4.97. The fourth-order valence-corrected chi connectivity index (χ4v) is 7.04. The van der Waals surface area contributed by atoms with Gasteiger partial charge in [-0.1, -0.05) is 44.2 Å². The summed E-state index contributed by atoms with van der Waals surface area (Å²) in [6.07, 6.45) is 5.48. The fraction of sp³-hybridized carbons (Fsp3) is 0.382. The van der Waals surface area contributed by atoms with E-state index in [1.165, 1.54) is 22.7 Å². The molecule has 0 radical (unpaired) electrons. The zero-order valence-corrected chi connectivity index (χ0v) is 28.1. The highest BCUT2D eigenvalue weighted by Gasteiger charge is 2.26. The summed E-state index contributed by atoms with van der Waals surface area (Å²) in [5, 5.41) is 13.8. The van der Waals surface area contributed by atoms with Gasteiger partial charge in [0.1, 0.15) is 21.4 Å². The first-order chi connectivity index (χ1) is 22.8. The van der Waals surface area contributed by atoms with Crippen LogP contribution in [0.3, 0.4) is 0 Å². The Balaban J connectivity index is 1.41. The van der Waals surface area contributed by atoms with E-state index in [0.29, 0.717) is 60.9 Å². The summed E-state index contributed by atoms with van der Waals surface area (Å²) in [7, 11) is 0. The lowest BCUT2D eigenvalue weighted by Gasteiger charge is -2.23. The molecule has 0 spiro atoms. The van der Waals surface area contributed by atoms with Gasteiger partial charge < -0.3 is 20.9 Å². The summed E-state index contributed by atoms with van der Waals surface area (Å²) >= 11 is 2.65. The van der Waals surface area contributed by atoms with E-state index in [4.69, 9.17) is 0 Å². The fourth-order valence-electron chi connectivity index (χ4n) is 5.33.